The second-order valence-corrected chi connectivity index (χ2v) is 5.49. The number of para-hydroxylation sites is 1. The summed E-state index contributed by atoms with van der Waals surface area (Å²) in [6, 6.07) is 13.0. The van der Waals surface area contributed by atoms with Crippen LogP contribution >= 0.6 is 12.2 Å². The number of ether oxygens (including phenoxy) is 1. The van der Waals surface area contributed by atoms with Crippen LogP contribution in [0, 0.1) is 13.8 Å². The maximum Gasteiger partial charge on any atom is 0.261 e. The molecule has 0 aliphatic heterocycles. The number of carbonyl (C=O) groups is 1. The highest BCUT2D eigenvalue weighted by atomic mass is 32.1. The molecular weight excluding hydrogens is 308 g/mol. The summed E-state index contributed by atoms with van der Waals surface area (Å²) in [5.41, 5.74) is 3.59. The van der Waals surface area contributed by atoms with Gasteiger partial charge in [-0.3, -0.25) is 10.1 Å². The van der Waals surface area contributed by atoms with E-state index in [0.29, 0.717) is 17.9 Å². The molecule has 2 rings (SSSR count). The van der Waals surface area contributed by atoms with Crippen LogP contribution in [0.2, 0.25) is 0 Å². The summed E-state index contributed by atoms with van der Waals surface area (Å²) in [4.78, 5) is 12.4. The van der Waals surface area contributed by atoms with Gasteiger partial charge in [0.15, 0.2) is 5.11 Å². The van der Waals surface area contributed by atoms with Crippen LogP contribution in [0.3, 0.4) is 0 Å². The maximum absolute atomic E-state index is 12.4. The summed E-state index contributed by atoms with van der Waals surface area (Å²) < 4.78 is 5.47. The van der Waals surface area contributed by atoms with E-state index in [9.17, 15) is 4.79 Å². The highest BCUT2D eigenvalue weighted by Gasteiger charge is 2.13. The van der Waals surface area contributed by atoms with Crippen molar-refractivity contribution in [3.8, 4) is 5.75 Å². The lowest BCUT2D eigenvalue weighted by molar-refractivity contribution is 0.0974. The zero-order chi connectivity index (χ0) is 16.8. The molecule has 0 unspecified atom stereocenters. The van der Waals surface area contributed by atoms with E-state index in [2.05, 4.69) is 10.6 Å². The van der Waals surface area contributed by atoms with Gasteiger partial charge < -0.3 is 10.1 Å². The van der Waals surface area contributed by atoms with Gasteiger partial charge in [0, 0.05) is 5.69 Å². The molecule has 0 aromatic heterocycles. The number of aryl methyl sites for hydroxylation is 1. The molecule has 1 amide bonds. The van der Waals surface area contributed by atoms with Crippen LogP contribution in [0.5, 0.6) is 5.75 Å². The van der Waals surface area contributed by atoms with Crippen LogP contribution in [0.25, 0.3) is 0 Å². The number of hydrogen-bond acceptors (Lipinski definition) is 3. The van der Waals surface area contributed by atoms with Crippen LogP contribution in [0.15, 0.2) is 42.5 Å². The van der Waals surface area contributed by atoms with Crippen molar-refractivity contribution < 1.29 is 9.53 Å². The predicted molar refractivity (Wildman–Crippen MR) is 97.2 cm³/mol. The van der Waals surface area contributed by atoms with E-state index in [1.54, 1.807) is 18.2 Å². The lowest BCUT2D eigenvalue weighted by atomic mass is 10.1. The lowest BCUT2D eigenvalue weighted by Crippen LogP contribution is -2.34. The molecule has 0 heterocycles. The molecule has 0 saturated carbocycles. The first-order valence-corrected chi connectivity index (χ1v) is 7.84. The van der Waals surface area contributed by atoms with Gasteiger partial charge in [-0.05, 0) is 62.3 Å². The van der Waals surface area contributed by atoms with Crippen molar-refractivity contribution >= 4 is 28.9 Å². The van der Waals surface area contributed by atoms with Gasteiger partial charge in [-0.2, -0.15) is 0 Å². The quantitative estimate of drug-likeness (QED) is 0.838. The largest absolute Gasteiger partial charge is 0.493 e. The molecule has 120 valence electrons. The van der Waals surface area contributed by atoms with Gasteiger partial charge in [-0.25, -0.2) is 0 Å². The fourth-order valence-electron chi connectivity index (χ4n) is 2.15. The third-order valence-corrected chi connectivity index (χ3v) is 3.72. The molecule has 0 bridgehead atoms. The van der Waals surface area contributed by atoms with E-state index >= 15 is 0 Å². The topological polar surface area (TPSA) is 50.4 Å². The van der Waals surface area contributed by atoms with Crippen molar-refractivity contribution in [2.24, 2.45) is 0 Å². The molecule has 0 aliphatic rings. The minimum atomic E-state index is -0.295. The van der Waals surface area contributed by atoms with Crippen molar-refractivity contribution in [2.75, 3.05) is 11.9 Å². The Hall–Kier alpha value is -2.40. The monoisotopic (exact) mass is 328 g/mol. The van der Waals surface area contributed by atoms with E-state index < -0.39 is 0 Å². The zero-order valence-electron chi connectivity index (χ0n) is 13.5. The smallest absolute Gasteiger partial charge is 0.261 e. The van der Waals surface area contributed by atoms with E-state index in [0.717, 1.165) is 16.8 Å². The molecule has 5 heteroatoms. The van der Waals surface area contributed by atoms with E-state index in [1.807, 2.05) is 45.0 Å². The number of rotatable bonds is 4. The second-order valence-electron chi connectivity index (χ2n) is 5.08. The highest BCUT2D eigenvalue weighted by molar-refractivity contribution is 7.80. The van der Waals surface area contributed by atoms with Crippen molar-refractivity contribution in [1.82, 2.24) is 5.32 Å². The zero-order valence-corrected chi connectivity index (χ0v) is 14.3. The van der Waals surface area contributed by atoms with Crippen LogP contribution in [0.4, 0.5) is 5.69 Å². The first-order valence-electron chi connectivity index (χ1n) is 7.43. The van der Waals surface area contributed by atoms with Crippen LogP contribution in [-0.4, -0.2) is 17.6 Å². The first kappa shape index (κ1) is 17.0. The molecule has 4 nitrogen and oxygen atoms in total. The molecule has 0 atom stereocenters. The van der Waals surface area contributed by atoms with Crippen LogP contribution in [0.1, 0.15) is 28.4 Å². The average molecular weight is 328 g/mol. The van der Waals surface area contributed by atoms with Crippen molar-refractivity contribution in [3.63, 3.8) is 0 Å². The lowest BCUT2D eigenvalue weighted by Gasteiger charge is -2.14. The average Bonchev–Trinajstić information content (AvgIpc) is 2.52. The molecule has 2 aromatic carbocycles. The number of amides is 1. The Labute approximate surface area is 141 Å². The van der Waals surface area contributed by atoms with Gasteiger partial charge in [-0.1, -0.05) is 24.3 Å². The summed E-state index contributed by atoms with van der Waals surface area (Å²) in [6.45, 7) is 6.41. The Balaban J connectivity index is 2.08. The number of thiocarbonyl (C=S) groups is 1. The van der Waals surface area contributed by atoms with Gasteiger partial charge in [-0.15, -0.1) is 0 Å². The van der Waals surface area contributed by atoms with E-state index in [1.165, 1.54) is 0 Å². The summed E-state index contributed by atoms with van der Waals surface area (Å²) in [7, 11) is 0. The minimum Gasteiger partial charge on any atom is -0.493 e. The predicted octanol–water partition coefficient (Wildman–Crippen LogP) is 3.83. The Kier molecular flexibility index (Phi) is 5.71. The molecule has 23 heavy (non-hydrogen) atoms. The number of benzene rings is 2. The molecule has 0 fully saturated rings. The van der Waals surface area contributed by atoms with E-state index in [4.69, 9.17) is 17.0 Å². The normalized spacial score (nSPS) is 10.0. The van der Waals surface area contributed by atoms with Crippen molar-refractivity contribution in [2.45, 2.75) is 20.8 Å². The van der Waals surface area contributed by atoms with Crippen LogP contribution in [-0.2, 0) is 0 Å². The van der Waals surface area contributed by atoms with Gasteiger partial charge in [0.25, 0.3) is 5.91 Å². The Morgan fingerprint density at radius 1 is 1.13 bits per heavy atom. The molecule has 0 aliphatic carbocycles. The molecule has 0 radical (unpaired) electrons. The molecular formula is C18H20N2O2S. The summed E-state index contributed by atoms with van der Waals surface area (Å²) in [5.74, 6) is 0.249. The van der Waals surface area contributed by atoms with Gasteiger partial charge in [0.2, 0.25) is 0 Å². The minimum absolute atomic E-state index is 0.259. The Morgan fingerprint density at radius 3 is 2.61 bits per heavy atom. The Morgan fingerprint density at radius 2 is 1.87 bits per heavy atom. The number of hydrogen-bond donors (Lipinski definition) is 2. The first-order chi connectivity index (χ1) is 11.0. The standard InChI is InChI=1S/C18H20N2O2S/c1-4-22-16-11-6-5-9-14(16)17(21)20-18(23)19-15-10-7-8-12(2)13(15)3/h5-11H,4H2,1-3H3,(H2,19,20,21,23). The molecule has 2 N–H and O–H groups in total. The Bertz CT molecular complexity index is 729. The highest BCUT2D eigenvalue weighted by Crippen LogP contribution is 2.19. The third kappa shape index (κ3) is 4.29. The summed E-state index contributed by atoms with van der Waals surface area (Å²) in [6.07, 6.45) is 0. The SMILES string of the molecule is CCOc1ccccc1C(=O)NC(=S)Nc1cccc(C)c1C. The fourth-order valence-corrected chi connectivity index (χ4v) is 2.35. The number of nitrogens with one attached hydrogen (secondary N) is 2. The number of carbonyl (C=O) groups excluding carboxylic acids is 1. The summed E-state index contributed by atoms with van der Waals surface area (Å²) >= 11 is 5.24. The molecule has 0 spiro atoms. The van der Waals surface area contributed by atoms with Gasteiger partial charge >= 0.3 is 0 Å². The van der Waals surface area contributed by atoms with Crippen molar-refractivity contribution in [3.05, 3.63) is 59.2 Å². The van der Waals surface area contributed by atoms with Crippen molar-refractivity contribution in [1.29, 1.82) is 0 Å². The van der Waals surface area contributed by atoms with Crippen LogP contribution < -0.4 is 15.4 Å². The number of anilines is 1. The second kappa shape index (κ2) is 7.74. The van der Waals surface area contributed by atoms with E-state index in [-0.39, 0.29) is 11.0 Å². The molecule has 0 saturated heterocycles. The maximum atomic E-state index is 12.4. The summed E-state index contributed by atoms with van der Waals surface area (Å²) in [5, 5.41) is 6.01. The third-order valence-electron chi connectivity index (χ3n) is 3.51. The molecule has 2 aromatic rings. The van der Waals surface area contributed by atoms with Gasteiger partial charge in [0.05, 0.1) is 12.2 Å². The fraction of sp³-hybridized carbons (Fsp3) is 0.222. The van der Waals surface area contributed by atoms with Gasteiger partial charge in [0.1, 0.15) is 5.75 Å².